The van der Waals surface area contributed by atoms with E-state index in [9.17, 15) is 14.4 Å². The Morgan fingerprint density at radius 3 is 1.46 bits per heavy atom. The summed E-state index contributed by atoms with van der Waals surface area (Å²) >= 11 is 0. The highest BCUT2D eigenvalue weighted by molar-refractivity contribution is 6.01. The van der Waals surface area contributed by atoms with Gasteiger partial charge in [0.15, 0.2) is 17.3 Å². The van der Waals surface area contributed by atoms with E-state index in [2.05, 4.69) is 6.92 Å². The minimum absolute atomic E-state index is 0.0714. The molecule has 48 heavy (non-hydrogen) atoms. The van der Waals surface area contributed by atoms with Gasteiger partial charge >= 0.3 is 0 Å². The van der Waals surface area contributed by atoms with E-state index in [4.69, 9.17) is 19.9 Å². The van der Waals surface area contributed by atoms with Gasteiger partial charge in [0.2, 0.25) is 0 Å². The van der Waals surface area contributed by atoms with Crippen molar-refractivity contribution in [2.45, 2.75) is 60.5 Å². The number of hydrogen-bond acceptors (Lipinski definition) is 7. The number of rotatable bonds is 18. The second kappa shape index (κ2) is 17.4. The fourth-order valence-corrected chi connectivity index (χ4v) is 5.09. The van der Waals surface area contributed by atoms with Gasteiger partial charge in [-0.15, -0.1) is 0 Å². The standard InChI is InChI=1S/C41H47NO6/c1-6-30-12-13-31(20-39(30)48-26-29-10-8-7-9-11-29)36(43)18-34-16-14-32(21-40(34)46-24-27(2)3)37(44)19-35-17-15-33(38(45)23-42)22-41(35)47-25-28(4)5/h7-17,20-22,27-28H,6,18-19,23-26,42H2,1-5H3. The predicted molar refractivity (Wildman–Crippen MR) is 190 cm³/mol. The SMILES string of the molecule is CCc1ccc(C(=O)Cc2ccc(C(=O)Cc3ccc(C(=O)CN)cc3OCC(C)C)cc2OCC(C)C)cc1OCc1ccccc1. The number of carbonyl (C=O) groups excluding carboxylic acids is 3. The molecule has 0 atom stereocenters. The first-order chi connectivity index (χ1) is 23.1. The van der Waals surface area contributed by atoms with E-state index in [0.29, 0.717) is 64.9 Å². The summed E-state index contributed by atoms with van der Waals surface area (Å²) in [6, 6.07) is 25.9. The van der Waals surface area contributed by atoms with Crippen molar-refractivity contribution in [3.8, 4) is 17.2 Å². The molecule has 0 aromatic heterocycles. The smallest absolute Gasteiger partial charge is 0.176 e. The zero-order valence-electron chi connectivity index (χ0n) is 28.7. The van der Waals surface area contributed by atoms with Gasteiger partial charge in [-0.2, -0.15) is 0 Å². The van der Waals surface area contributed by atoms with Crippen molar-refractivity contribution in [3.63, 3.8) is 0 Å². The third kappa shape index (κ3) is 10.1. The highest BCUT2D eigenvalue weighted by atomic mass is 16.5. The Kier molecular flexibility index (Phi) is 13.1. The van der Waals surface area contributed by atoms with E-state index in [0.717, 1.165) is 17.5 Å². The zero-order chi connectivity index (χ0) is 34.6. The van der Waals surface area contributed by atoms with Crippen LogP contribution in [-0.2, 0) is 25.9 Å². The van der Waals surface area contributed by atoms with Crippen molar-refractivity contribution in [2.24, 2.45) is 17.6 Å². The quantitative estimate of drug-likeness (QED) is 0.109. The third-order valence-corrected chi connectivity index (χ3v) is 7.82. The molecule has 4 aromatic rings. The Labute approximate surface area is 284 Å². The molecule has 4 aromatic carbocycles. The van der Waals surface area contributed by atoms with Crippen molar-refractivity contribution in [3.05, 3.63) is 124 Å². The molecule has 0 aliphatic carbocycles. The topological polar surface area (TPSA) is 105 Å². The Balaban J connectivity index is 1.56. The summed E-state index contributed by atoms with van der Waals surface area (Å²) < 4.78 is 18.3. The average Bonchev–Trinajstić information content (AvgIpc) is 3.09. The number of nitrogens with two attached hydrogens (primary N) is 1. The molecule has 0 spiro atoms. The maximum Gasteiger partial charge on any atom is 0.176 e. The molecule has 0 fully saturated rings. The van der Waals surface area contributed by atoms with E-state index < -0.39 is 0 Å². The first-order valence-corrected chi connectivity index (χ1v) is 16.7. The second-order valence-electron chi connectivity index (χ2n) is 12.8. The molecule has 0 bridgehead atoms. The highest BCUT2D eigenvalue weighted by Crippen LogP contribution is 2.28. The maximum atomic E-state index is 13.6. The van der Waals surface area contributed by atoms with Crippen molar-refractivity contribution in [1.82, 2.24) is 0 Å². The van der Waals surface area contributed by atoms with Crippen LogP contribution >= 0.6 is 0 Å². The number of ketones is 3. The largest absolute Gasteiger partial charge is 0.493 e. The van der Waals surface area contributed by atoms with E-state index in [1.54, 1.807) is 36.4 Å². The molecule has 0 saturated carbocycles. The number of hydrogen-bond donors (Lipinski definition) is 1. The Morgan fingerprint density at radius 2 is 1.02 bits per heavy atom. The van der Waals surface area contributed by atoms with Crippen LogP contribution in [0.4, 0.5) is 0 Å². The fourth-order valence-electron chi connectivity index (χ4n) is 5.09. The number of benzene rings is 4. The van der Waals surface area contributed by atoms with E-state index in [-0.39, 0.29) is 48.6 Å². The molecule has 2 N–H and O–H groups in total. The van der Waals surface area contributed by atoms with Crippen LogP contribution in [0.2, 0.25) is 0 Å². The monoisotopic (exact) mass is 649 g/mol. The van der Waals surface area contributed by atoms with Crippen molar-refractivity contribution >= 4 is 17.3 Å². The number of aryl methyl sites for hydroxylation is 1. The number of carbonyl (C=O) groups is 3. The first kappa shape index (κ1) is 36.1. The molecule has 252 valence electrons. The van der Waals surface area contributed by atoms with Crippen LogP contribution < -0.4 is 19.9 Å². The van der Waals surface area contributed by atoms with E-state index in [1.807, 2.05) is 76.2 Å². The van der Waals surface area contributed by atoms with Crippen LogP contribution in [0.1, 0.15) is 87.9 Å². The van der Waals surface area contributed by atoms with Gasteiger partial charge in [0.1, 0.15) is 23.9 Å². The molecule has 0 aliphatic rings. The van der Waals surface area contributed by atoms with Crippen molar-refractivity contribution < 1.29 is 28.6 Å². The molecular formula is C41H47NO6. The minimum atomic E-state index is -0.198. The molecule has 0 saturated heterocycles. The molecule has 0 amide bonds. The molecule has 7 heteroatoms. The lowest BCUT2D eigenvalue weighted by molar-refractivity contribution is 0.0985. The molecule has 4 rings (SSSR count). The predicted octanol–water partition coefficient (Wildman–Crippen LogP) is 7.89. The normalized spacial score (nSPS) is 11.1. The third-order valence-electron chi connectivity index (χ3n) is 7.82. The van der Waals surface area contributed by atoms with Gasteiger partial charge in [-0.3, -0.25) is 14.4 Å². The molecule has 0 aliphatic heterocycles. The highest BCUT2D eigenvalue weighted by Gasteiger charge is 2.19. The van der Waals surface area contributed by atoms with Gasteiger partial charge in [0, 0.05) is 40.7 Å². The van der Waals surface area contributed by atoms with Gasteiger partial charge in [0.25, 0.3) is 0 Å². The van der Waals surface area contributed by atoms with E-state index in [1.165, 1.54) is 0 Å². The van der Waals surface area contributed by atoms with Crippen LogP contribution in [0.3, 0.4) is 0 Å². The fraction of sp³-hybridized carbons (Fsp3) is 0.341. The van der Waals surface area contributed by atoms with Gasteiger partial charge < -0.3 is 19.9 Å². The zero-order valence-corrected chi connectivity index (χ0v) is 28.7. The second-order valence-corrected chi connectivity index (χ2v) is 12.8. The summed E-state index contributed by atoms with van der Waals surface area (Å²) in [6.45, 7) is 11.4. The lowest BCUT2D eigenvalue weighted by atomic mass is 9.96. The molecule has 0 heterocycles. The van der Waals surface area contributed by atoms with Gasteiger partial charge in [-0.05, 0) is 47.6 Å². The Hall–Kier alpha value is -4.75. The lowest BCUT2D eigenvalue weighted by Gasteiger charge is -2.16. The van der Waals surface area contributed by atoms with Crippen molar-refractivity contribution in [1.29, 1.82) is 0 Å². The molecule has 7 nitrogen and oxygen atoms in total. The maximum absolute atomic E-state index is 13.6. The van der Waals surface area contributed by atoms with Crippen LogP contribution in [0.25, 0.3) is 0 Å². The average molecular weight is 650 g/mol. The summed E-state index contributed by atoms with van der Waals surface area (Å²) in [6.07, 6.45) is 0.958. The van der Waals surface area contributed by atoms with Crippen LogP contribution in [0.15, 0.2) is 84.9 Å². The molecule has 0 unspecified atom stereocenters. The summed E-state index contributed by atoms with van der Waals surface area (Å²) in [4.78, 5) is 39.5. The molecular weight excluding hydrogens is 602 g/mol. The number of ether oxygens (including phenoxy) is 3. The van der Waals surface area contributed by atoms with Gasteiger partial charge in [0.05, 0.1) is 19.8 Å². The van der Waals surface area contributed by atoms with Gasteiger partial charge in [-0.25, -0.2) is 0 Å². The van der Waals surface area contributed by atoms with Crippen molar-refractivity contribution in [2.75, 3.05) is 19.8 Å². The summed E-state index contributed by atoms with van der Waals surface area (Å²) in [5, 5.41) is 0. The van der Waals surface area contributed by atoms with Crippen LogP contribution in [-0.4, -0.2) is 37.1 Å². The molecule has 0 radical (unpaired) electrons. The first-order valence-electron chi connectivity index (χ1n) is 16.7. The summed E-state index contributed by atoms with van der Waals surface area (Å²) in [7, 11) is 0. The minimum Gasteiger partial charge on any atom is -0.493 e. The van der Waals surface area contributed by atoms with Crippen LogP contribution in [0.5, 0.6) is 17.2 Å². The summed E-state index contributed by atoms with van der Waals surface area (Å²) in [5.74, 6) is 1.80. The number of Topliss-reactive ketones (excluding diaryl/α,β-unsaturated/α-hetero) is 3. The van der Waals surface area contributed by atoms with Crippen LogP contribution in [0, 0.1) is 11.8 Å². The van der Waals surface area contributed by atoms with E-state index >= 15 is 0 Å². The Bertz CT molecular complexity index is 1710. The lowest BCUT2D eigenvalue weighted by Crippen LogP contribution is -2.15. The van der Waals surface area contributed by atoms with Gasteiger partial charge in [-0.1, -0.05) is 101 Å². The Morgan fingerprint density at radius 1 is 0.583 bits per heavy atom. The summed E-state index contributed by atoms with van der Waals surface area (Å²) in [5.41, 5.74) is 10.5.